The lowest BCUT2D eigenvalue weighted by atomic mass is 10.1. The summed E-state index contributed by atoms with van der Waals surface area (Å²) in [4.78, 5) is 23.5. The van der Waals surface area contributed by atoms with Crippen LogP contribution in [0.4, 0.5) is 0 Å². The zero-order valence-electron chi connectivity index (χ0n) is 10.1. The van der Waals surface area contributed by atoms with Crippen molar-refractivity contribution in [3.8, 4) is 0 Å². The lowest BCUT2D eigenvalue weighted by Crippen LogP contribution is -2.40. The van der Waals surface area contributed by atoms with Crippen LogP contribution in [0.2, 0.25) is 0 Å². The Kier molecular flexibility index (Phi) is 7.54. The summed E-state index contributed by atoms with van der Waals surface area (Å²) in [5.74, 6) is -1.08. The van der Waals surface area contributed by atoms with E-state index in [1.54, 1.807) is 0 Å². The van der Waals surface area contributed by atoms with Gasteiger partial charge in [0.1, 0.15) is 6.04 Å². The largest absolute Gasteiger partial charge is 0.480 e. The summed E-state index contributed by atoms with van der Waals surface area (Å²) in [6, 6.07) is -0.753. The molecule has 94 valence electrons. The van der Waals surface area contributed by atoms with Crippen LogP contribution in [0.5, 0.6) is 0 Å². The van der Waals surface area contributed by atoms with Gasteiger partial charge in [-0.3, -0.25) is 4.79 Å². The van der Waals surface area contributed by atoms with Crippen LogP contribution >= 0.6 is 0 Å². The van der Waals surface area contributed by atoms with Crippen LogP contribution in [0.25, 0.3) is 0 Å². The smallest absolute Gasteiger partial charge is 0.326 e. The number of carbonyl (C=O) groups is 2. The average Bonchev–Trinajstić information content (AvgIpc) is 2.26. The maximum Gasteiger partial charge on any atom is 0.326 e. The predicted molar refractivity (Wildman–Crippen MR) is 62.0 cm³/mol. The van der Waals surface area contributed by atoms with Gasteiger partial charge in [-0.1, -0.05) is 12.8 Å². The summed E-state index contributed by atoms with van der Waals surface area (Å²) in [6.07, 6.45) is 4.20. The van der Waals surface area contributed by atoms with E-state index < -0.39 is 12.0 Å². The Labute approximate surface area is 96.6 Å². The van der Waals surface area contributed by atoms with Crippen molar-refractivity contribution >= 4 is 11.9 Å². The summed E-state index contributed by atoms with van der Waals surface area (Å²) in [5.41, 5.74) is 5.35. The van der Waals surface area contributed by atoms with Gasteiger partial charge < -0.3 is 15.7 Å². The number of rotatable bonds is 8. The molecule has 1 atom stereocenters. The number of aliphatic carboxylic acids is 1. The van der Waals surface area contributed by atoms with E-state index in [1.165, 1.54) is 18.9 Å². The minimum Gasteiger partial charge on any atom is -0.480 e. The molecule has 0 bridgehead atoms. The number of unbranched alkanes of at least 4 members (excludes halogenated alkanes) is 3. The zero-order valence-corrected chi connectivity index (χ0v) is 10.1. The third kappa shape index (κ3) is 5.70. The molecule has 0 aliphatic heterocycles. The van der Waals surface area contributed by atoms with E-state index in [4.69, 9.17) is 10.8 Å². The van der Waals surface area contributed by atoms with Crippen LogP contribution in [0, 0.1) is 0 Å². The predicted octanol–water partition coefficient (Wildman–Crippen LogP) is 0.827. The number of carboxylic acids is 1. The number of carbonyl (C=O) groups excluding carboxylic acids is 1. The van der Waals surface area contributed by atoms with Crippen molar-refractivity contribution in [3.05, 3.63) is 0 Å². The first-order chi connectivity index (χ1) is 7.50. The maximum atomic E-state index is 11.6. The second kappa shape index (κ2) is 8.10. The highest BCUT2D eigenvalue weighted by Crippen LogP contribution is 2.06. The first-order valence-electron chi connectivity index (χ1n) is 5.69. The summed E-state index contributed by atoms with van der Waals surface area (Å²) in [6.45, 7) is 2.19. The van der Waals surface area contributed by atoms with Gasteiger partial charge in [0, 0.05) is 13.5 Å². The van der Waals surface area contributed by atoms with Crippen molar-refractivity contribution in [2.75, 3.05) is 13.6 Å². The van der Waals surface area contributed by atoms with Crippen molar-refractivity contribution in [1.29, 1.82) is 0 Å². The number of nitrogens with two attached hydrogens (primary N) is 1. The molecule has 0 aromatic carbocycles. The minimum atomic E-state index is -0.973. The normalized spacial score (nSPS) is 12.2. The number of hydrogen-bond donors (Lipinski definition) is 2. The molecule has 0 spiro atoms. The Morgan fingerprint density at radius 3 is 2.31 bits per heavy atom. The van der Waals surface area contributed by atoms with E-state index in [0.717, 1.165) is 25.7 Å². The second-order valence-electron chi connectivity index (χ2n) is 3.97. The monoisotopic (exact) mass is 230 g/mol. The van der Waals surface area contributed by atoms with Crippen molar-refractivity contribution in [3.63, 3.8) is 0 Å². The highest BCUT2D eigenvalue weighted by atomic mass is 16.4. The molecule has 0 aromatic rings. The molecule has 5 heteroatoms. The third-order valence-electron chi connectivity index (χ3n) is 2.68. The van der Waals surface area contributed by atoms with Crippen LogP contribution in [-0.4, -0.2) is 41.5 Å². The van der Waals surface area contributed by atoms with Crippen molar-refractivity contribution in [2.24, 2.45) is 5.73 Å². The lowest BCUT2D eigenvalue weighted by Gasteiger charge is -2.21. The minimum absolute atomic E-state index is 0.109. The summed E-state index contributed by atoms with van der Waals surface area (Å²) >= 11 is 0. The van der Waals surface area contributed by atoms with E-state index in [9.17, 15) is 9.59 Å². The van der Waals surface area contributed by atoms with Crippen molar-refractivity contribution in [2.45, 2.75) is 45.1 Å². The Balaban J connectivity index is 3.75. The van der Waals surface area contributed by atoms with Gasteiger partial charge in [-0.15, -0.1) is 0 Å². The molecular weight excluding hydrogens is 208 g/mol. The van der Waals surface area contributed by atoms with Gasteiger partial charge in [0.2, 0.25) is 5.91 Å². The van der Waals surface area contributed by atoms with Crippen molar-refractivity contribution < 1.29 is 14.7 Å². The van der Waals surface area contributed by atoms with Gasteiger partial charge >= 0.3 is 5.97 Å². The van der Waals surface area contributed by atoms with Crippen molar-refractivity contribution in [1.82, 2.24) is 4.90 Å². The lowest BCUT2D eigenvalue weighted by molar-refractivity contribution is -0.148. The molecule has 0 rings (SSSR count). The van der Waals surface area contributed by atoms with Crippen LogP contribution in [0.3, 0.4) is 0 Å². The zero-order chi connectivity index (χ0) is 12.6. The molecule has 5 nitrogen and oxygen atoms in total. The molecule has 16 heavy (non-hydrogen) atoms. The van der Waals surface area contributed by atoms with Crippen LogP contribution in [-0.2, 0) is 9.59 Å². The molecule has 0 fully saturated rings. The van der Waals surface area contributed by atoms with Gasteiger partial charge in [-0.25, -0.2) is 4.79 Å². The molecule has 0 aliphatic carbocycles. The number of hydrogen-bond acceptors (Lipinski definition) is 3. The van der Waals surface area contributed by atoms with Crippen LogP contribution < -0.4 is 5.73 Å². The number of carboxylic acid groups (broad SMARTS) is 1. The number of likely N-dealkylation sites (N-methyl/N-ethyl adjacent to an activating group) is 1. The molecule has 3 N–H and O–H groups in total. The first-order valence-corrected chi connectivity index (χ1v) is 5.69. The first kappa shape index (κ1) is 14.9. The summed E-state index contributed by atoms with van der Waals surface area (Å²) < 4.78 is 0. The van der Waals surface area contributed by atoms with Gasteiger partial charge in [0.25, 0.3) is 0 Å². The summed E-state index contributed by atoms with van der Waals surface area (Å²) in [5, 5.41) is 8.74. The van der Waals surface area contributed by atoms with E-state index in [-0.39, 0.29) is 5.91 Å². The fourth-order valence-electron chi connectivity index (χ4n) is 1.33. The quantitative estimate of drug-likeness (QED) is 0.605. The van der Waals surface area contributed by atoms with E-state index in [2.05, 4.69) is 0 Å². The summed E-state index contributed by atoms with van der Waals surface area (Å²) in [7, 11) is 1.53. The fourth-order valence-corrected chi connectivity index (χ4v) is 1.33. The van der Waals surface area contributed by atoms with Gasteiger partial charge in [-0.2, -0.15) is 0 Å². The van der Waals surface area contributed by atoms with Crippen LogP contribution in [0.15, 0.2) is 0 Å². The second-order valence-corrected chi connectivity index (χ2v) is 3.97. The Morgan fingerprint density at radius 1 is 1.25 bits per heavy atom. The van der Waals surface area contributed by atoms with Gasteiger partial charge in [0.05, 0.1) is 0 Å². The molecule has 0 aromatic heterocycles. The molecule has 0 aliphatic rings. The molecule has 0 saturated carbocycles. The number of amides is 1. The Morgan fingerprint density at radius 2 is 1.81 bits per heavy atom. The Hall–Kier alpha value is -1.10. The molecular formula is C11H22N2O3. The fraction of sp³-hybridized carbons (Fsp3) is 0.818. The topological polar surface area (TPSA) is 83.6 Å². The standard InChI is InChI=1S/C11H22N2O3/c1-9(11(15)16)13(2)10(14)7-5-3-4-6-8-12/h9H,3-8,12H2,1-2H3,(H,15,16). The molecule has 0 radical (unpaired) electrons. The van der Waals surface area contributed by atoms with E-state index >= 15 is 0 Å². The van der Waals surface area contributed by atoms with Gasteiger partial charge in [0.15, 0.2) is 0 Å². The highest BCUT2D eigenvalue weighted by molar-refractivity contribution is 5.83. The Bertz CT molecular complexity index is 231. The number of nitrogens with zero attached hydrogens (tertiary/aromatic N) is 1. The SMILES string of the molecule is CC(C(=O)O)N(C)C(=O)CCCCCCN. The molecule has 0 heterocycles. The molecule has 0 saturated heterocycles. The molecule has 1 unspecified atom stereocenters. The van der Waals surface area contributed by atoms with Gasteiger partial charge in [-0.05, 0) is 26.3 Å². The highest BCUT2D eigenvalue weighted by Gasteiger charge is 2.20. The third-order valence-corrected chi connectivity index (χ3v) is 2.68. The van der Waals surface area contributed by atoms with E-state index in [1.807, 2.05) is 0 Å². The maximum absolute atomic E-state index is 11.6. The van der Waals surface area contributed by atoms with E-state index in [0.29, 0.717) is 13.0 Å². The van der Waals surface area contributed by atoms with Crippen LogP contribution in [0.1, 0.15) is 39.0 Å². The molecule has 1 amide bonds. The average molecular weight is 230 g/mol.